The second-order valence-electron chi connectivity index (χ2n) is 8.46. The van der Waals surface area contributed by atoms with E-state index in [1.807, 2.05) is 13.0 Å². The highest BCUT2D eigenvalue weighted by Crippen LogP contribution is 2.38. The van der Waals surface area contributed by atoms with E-state index in [-0.39, 0.29) is 23.0 Å². The summed E-state index contributed by atoms with van der Waals surface area (Å²) in [4.78, 5) is 39.6. The molecule has 38 heavy (non-hydrogen) atoms. The molecule has 0 bridgehead atoms. The SMILES string of the molecule is CCOc1cc(/C=C2\C(=O)NC(=O)N(c3cccc(C)c3C)C2=O)cc(Cl)c1OCc1ccc(Cl)cc1Cl. The number of anilines is 1. The van der Waals surface area contributed by atoms with E-state index in [1.165, 1.54) is 12.1 Å². The van der Waals surface area contributed by atoms with Crippen LogP contribution in [0.2, 0.25) is 15.1 Å². The summed E-state index contributed by atoms with van der Waals surface area (Å²) >= 11 is 18.8. The Morgan fingerprint density at radius 3 is 2.42 bits per heavy atom. The second-order valence-corrected chi connectivity index (χ2v) is 9.72. The molecule has 1 saturated heterocycles. The molecule has 4 rings (SSSR count). The molecule has 0 saturated carbocycles. The lowest BCUT2D eigenvalue weighted by Gasteiger charge is -2.28. The van der Waals surface area contributed by atoms with Crippen LogP contribution in [0.3, 0.4) is 0 Å². The van der Waals surface area contributed by atoms with Gasteiger partial charge in [-0.15, -0.1) is 0 Å². The summed E-state index contributed by atoms with van der Waals surface area (Å²) in [6.07, 6.45) is 1.36. The van der Waals surface area contributed by atoms with Crippen LogP contribution in [-0.4, -0.2) is 24.5 Å². The lowest BCUT2D eigenvalue weighted by Crippen LogP contribution is -2.54. The zero-order chi connectivity index (χ0) is 27.6. The van der Waals surface area contributed by atoms with Gasteiger partial charge in [-0.3, -0.25) is 14.9 Å². The maximum Gasteiger partial charge on any atom is 0.335 e. The Labute approximate surface area is 234 Å². The third-order valence-corrected chi connectivity index (χ3v) is 6.82. The van der Waals surface area contributed by atoms with Crippen LogP contribution in [0, 0.1) is 13.8 Å². The number of hydrogen-bond acceptors (Lipinski definition) is 5. The monoisotopic (exact) mass is 572 g/mol. The van der Waals surface area contributed by atoms with Gasteiger partial charge < -0.3 is 9.47 Å². The number of imide groups is 2. The molecule has 0 unspecified atom stereocenters. The Kier molecular flexibility index (Phi) is 8.31. The fourth-order valence-electron chi connectivity index (χ4n) is 3.88. The molecular formula is C28H23Cl3N2O5. The first kappa shape index (κ1) is 27.5. The number of hydrogen-bond donors (Lipinski definition) is 1. The van der Waals surface area contributed by atoms with Crippen LogP contribution in [0.1, 0.15) is 29.2 Å². The van der Waals surface area contributed by atoms with Crippen LogP contribution in [-0.2, 0) is 16.2 Å². The first-order chi connectivity index (χ1) is 18.1. The standard InChI is InChI=1S/C28H23Cl3N2O5/c1-4-37-24-12-17(11-22(31)25(24)38-14-18-8-9-19(29)13-21(18)30)10-20-26(34)32-28(36)33(27(20)35)23-7-5-6-15(2)16(23)3/h5-13H,4,14H2,1-3H3,(H,32,34,36)/b20-10+. The topological polar surface area (TPSA) is 84.9 Å². The first-order valence-electron chi connectivity index (χ1n) is 11.6. The van der Waals surface area contributed by atoms with Crippen molar-refractivity contribution in [1.29, 1.82) is 0 Å². The van der Waals surface area contributed by atoms with Crippen molar-refractivity contribution in [2.75, 3.05) is 11.5 Å². The second kappa shape index (κ2) is 11.5. The van der Waals surface area contributed by atoms with Crippen molar-refractivity contribution < 1.29 is 23.9 Å². The first-order valence-corrected chi connectivity index (χ1v) is 12.7. The summed E-state index contributed by atoms with van der Waals surface area (Å²) in [6.45, 7) is 5.88. The van der Waals surface area contributed by atoms with Gasteiger partial charge in [0.1, 0.15) is 12.2 Å². The molecule has 1 aliphatic heterocycles. The zero-order valence-corrected chi connectivity index (χ0v) is 23.0. The number of barbiturate groups is 1. The van der Waals surface area contributed by atoms with Crippen LogP contribution in [0.15, 0.2) is 54.1 Å². The van der Waals surface area contributed by atoms with Crippen molar-refractivity contribution in [3.05, 3.63) is 91.4 Å². The number of nitrogens with zero attached hydrogens (tertiary/aromatic N) is 1. The minimum absolute atomic E-state index is 0.101. The number of nitrogens with one attached hydrogen (secondary N) is 1. The van der Waals surface area contributed by atoms with Crippen molar-refractivity contribution in [2.24, 2.45) is 0 Å². The van der Waals surface area contributed by atoms with Gasteiger partial charge in [0.25, 0.3) is 11.8 Å². The van der Waals surface area contributed by atoms with E-state index in [2.05, 4.69) is 5.32 Å². The molecule has 1 fully saturated rings. The minimum Gasteiger partial charge on any atom is -0.490 e. The molecule has 4 amide bonds. The largest absolute Gasteiger partial charge is 0.490 e. The van der Waals surface area contributed by atoms with Gasteiger partial charge in [0.05, 0.1) is 17.3 Å². The predicted molar refractivity (Wildman–Crippen MR) is 148 cm³/mol. The number of carbonyl (C=O) groups excluding carboxylic acids is 3. The van der Waals surface area contributed by atoms with Crippen LogP contribution in [0.25, 0.3) is 6.08 Å². The molecule has 0 radical (unpaired) electrons. The van der Waals surface area contributed by atoms with E-state index in [0.29, 0.717) is 39.2 Å². The molecule has 1 heterocycles. The van der Waals surface area contributed by atoms with Gasteiger partial charge in [-0.1, -0.05) is 53.0 Å². The molecule has 0 spiro atoms. The Bertz CT molecular complexity index is 1490. The highest BCUT2D eigenvalue weighted by molar-refractivity contribution is 6.39. The molecule has 1 N–H and O–H groups in total. The van der Waals surface area contributed by atoms with E-state index in [1.54, 1.807) is 50.2 Å². The fraction of sp³-hybridized carbons (Fsp3) is 0.179. The summed E-state index contributed by atoms with van der Waals surface area (Å²) in [5.41, 5.74) is 2.91. The number of urea groups is 1. The summed E-state index contributed by atoms with van der Waals surface area (Å²) in [5, 5.41) is 3.38. The number of carbonyl (C=O) groups is 3. The maximum absolute atomic E-state index is 13.4. The van der Waals surface area contributed by atoms with E-state index in [0.717, 1.165) is 16.0 Å². The molecular weight excluding hydrogens is 551 g/mol. The number of halogens is 3. The number of aryl methyl sites for hydroxylation is 1. The van der Waals surface area contributed by atoms with Crippen LogP contribution in [0.4, 0.5) is 10.5 Å². The average molecular weight is 574 g/mol. The Hall–Kier alpha value is -3.52. The van der Waals surface area contributed by atoms with Gasteiger partial charge in [0, 0.05) is 15.6 Å². The number of ether oxygens (including phenoxy) is 2. The third kappa shape index (κ3) is 5.65. The molecule has 1 aliphatic rings. The molecule has 0 atom stereocenters. The summed E-state index contributed by atoms with van der Waals surface area (Å²) in [7, 11) is 0. The molecule has 7 nitrogen and oxygen atoms in total. The van der Waals surface area contributed by atoms with Crippen LogP contribution < -0.4 is 19.7 Å². The minimum atomic E-state index is -0.816. The summed E-state index contributed by atoms with van der Waals surface area (Å²) in [5.74, 6) is -0.982. The normalized spacial score (nSPS) is 14.6. The number of rotatable bonds is 7. The maximum atomic E-state index is 13.4. The van der Waals surface area contributed by atoms with Gasteiger partial charge >= 0.3 is 6.03 Å². The highest BCUT2D eigenvalue weighted by Gasteiger charge is 2.37. The molecule has 0 aromatic heterocycles. The van der Waals surface area contributed by atoms with E-state index < -0.39 is 17.8 Å². The van der Waals surface area contributed by atoms with E-state index >= 15 is 0 Å². The van der Waals surface area contributed by atoms with E-state index in [9.17, 15) is 14.4 Å². The van der Waals surface area contributed by atoms with Gasteiger partial charge in [-0.05, 0) is 73.9 Å². The average Bonchev–Trinajstić information content (AvgIpc) is 2.85. The zero-order valence-electron chi connectivity index (χ0n) is 20.7. The number of amides is 4. The van der Waals surface area contributed by atoms with Gasteiger partial charge in [0.2, 0.25) is 0 Å². The quantitative estimate of drug-likeness (QED) is 0.245. The molecule has 10 heteroatoms. The van der Waals surface area contributed by atoms with Gasteiger partial charge in [-0.2, -0.15) is 0 Å². The molecule has 0 aliphatic carbocycles. The van der Waals surface area contributed by atoms with Crippen LogP contribution >= 0.6 is 34.8 Å². The lowest BCUT2D eigenvalue weighted by atomic mass is 10.0. The van der Waals surface area contributed by atoms with Gasteiger partial charge in [-0.25, -0.2) is 9.69 Å². The Balaban J connectivity index is 1.68. The van der Waals surface area contributed by atoms with Crippen molar-refractivity contribution in [3.63, 3.8) is 0 Å². The van der Waals surface area contributed by atoms with Crippen molar-refractivity contribution in [1.82, 2.24) is 5.32 Å². The highest BCUT2D eigenvalue weighted by atomic mass is 35.5. The number of benzene rings is 3. The van der Waals surface area contributed by atoms with Crippen molar-refractivity contribution in [3.8, 4) is 11.5 Å². The third-order valence-electron chi connectivity index (χ3n) is 5.95. The molecule has 3 aromatic rings. The fourth-order valence-corrected chi connectivity index (χ4v) is 4.62. The van der Waals surface area contributed by atoms with Gasteiger partial charge in [0.15, 0.2) is 11.5 Å². The Morgan fingerprint density at radius 1 is 0.947 bits per heavy atom. The summed E-state index contributed by atoms with van der Waals surface area (Å²) in [6, 6.07) is 12.6. The Morgan fingerprint density at radius 2 is 1.71 bits per heavy atom. The molecule has 196 valence electrons. The smallest absolute Gasteiger partial charge is 0.335 e. The van der Waals surface area contributed by atoms with E-state index in [4.69, 9.17) is 44.3 Å². The van der Waals surface area contributed by atoms with Crippen molar-refractivity contribution in [2.45, 2.75) is 27.4 Å². The van der Waals surface area contributed by atoms with Crippen LogP contribution in [0.5, 0.6) is 11.5 Å². The summed E-state index contributed by atoms with van der Waals surface area (Å²) < 4.78 is 11.7. The predicted octanol–water partition coefficient (Wildman–Crippen LogP) is 6.91. The molecule has 3 aromatic carbocycles. The lowest BCUT2D eigenvalue weighted by molar-refractivity contribution is -0.122. The van der Waals surface area contributed by atoms with Crippen molar-refractivity contribution >= 4 is 64.4 Å².